The Morgan fingerprint density at radius 2 is 1.53 bits per heavy atom. The minimum absolute atomic E-state index is 0.828. The number of halogens is 6. The summed E-state index contributed by atoms with van der Waals surface area (Å²) in [5.74, 6) is -4.55. The number of benzene rings is 1. The molecule has 3 rings (SSSR count). The van der Waals surface area contributed by atoms with E-state index in [1.165, 1.54) is 0 Å². The van der Waals surface area contributed by atoms with Crippen LogP contribution in [0.15, 0.2) is 30.3 Å². The summed E-state index contributed by atoms with van der Waals surface area (Å²) in [6, 6.07) is 10.3. The van der Waals surface area contributed by atoms with E-state index < -0.39 is 24.3 Å². The number of H-pyrrole nitrogens is 1. The van der Waals surface area contributed by atoms with Crippen molar-refractivity contribution in [1.82, 2.24) is 14.9 Å². The number of ether oxygens (including phenoxy) is 1. The molecule has 0 radical (unpaired) electrons. The maximum Gasteiger partial charge on any atom is 0.490 e. The monoisotopic (exact) mass is 499 g/mol. The zero-order chi connectivity index (χ0) is 25.9. The van der Waals surface area contributed by atoms with Gasteiger partial charge in [-0.05, 0) is 13.3 Å². The highest BCUT2D eigenvalue weighted by atomic mass is 19.4. The molecule has 1 aliphatic heterocycles. The first-order chi connectivity index (χ1) is 15.7. The lowest BCUT2D eigenvalue weighted by Crippen LogP contribution is -2.26. The van der Waals surface area contributed by atoms with Crippen LogP contribution in [0.1, 0.15) is 17.8 Å². The molecule has 14 heteroatoms. The molecule has 0 amide bonds. The first kappa shape index (κ1) is 28.9. The number of alkyl halides is 6. The van der Waals surface area contributed by atoms with Crippen LogP contribution in [0.3, 0.4) is 0 Å². The molecule has 1 fully saturated rings. The predicted molar refractivity (Wildman–Crippen MR) is 107 cm³/mol. The second-order valence-corrected chi connectivity index (χ2v) is 6.87. The third-order valence-electron chi connectivity index (χ3n) is 4.21. The van der Waals surface area contributed by atoms with Crippen LogP contribution in [0.5, 0.6) is 0 Å². The van der Waals surface area contributed by atoms with Crippen molar-refractivity contribution in [3.8, 4) is 11.4 Å². The van der Waals surface area contributed by atoms with Crippen LogP contribution in [0.2, 0.25) is 0 Å². The van der Waals surface area contributed by atoms with Crippen LogP contribution in [0.25, 0.3) is 11.4 Å². The SMILES string of the molecule is Cc1[nH]c(-c2ccccc2)nc1CN1CCCOCC1.O=C(O)C(F)(F)F.O=C(O)C(F)(F)F. The summed E-state index contributed by atoms with van der Waals surface area (Å²) < 4.78 is 69.0. The van der Waals surface area contributed by atoms with Crippen LogP contribution < -0.4 is 0 Å². The van der Waals surface area contributed by atoms with Crippen molar-refractivity contribution in [3.63, 3.8) is 0 Å². The van der Waals surface area contributed by atoms with E-state index in [2.05, 4.69) is 28.9 Å². The largest absolute Gasteiger partial charge is 0.490 e. The van der Waals surface area contributed by atoms with E-state index in [-0.39, 0.29) is 0 Å². The lowest BCUT2D eigenvalue weighted by atomic mass is 10.2. The second kappa shape index (κ2) is 12.9. The van der Waals surface area contributed by atoms with Gasteiger partial charge in [0.05, 0.1) is 12.3 Å². The van der Waals surface area contributed by atoms with Crippen molar-refractivity contribution in [2.24, 2.45) is 0 Å². The Bertz CT molecular complexity index is 884. The number of aliphatic carboxylic acids is 2. The summed E-state index contributed by atoms with van der Waals surface area (Å²) in [7, 11) is 0. The van der Waals surface area contributed by atoms with E-state index in [9.17, 15) is 26.3 Å². The lowest BCUT2D eigenvalue weighted by Gasteiger charge is -2.17. The van der Waals surface area contributed by atoms with Crippen molar-refractivity contribution in [1.29, 1.82) is 0 Å². The minimum Gasteiger partial charge on any atom is -0.475 e. The van der Waals surface area contributed by atoms with Gasteiger partial charge in [-0.15, -0.1) is 0 Å². The van der Waals surface area contributed by atoms with Gasteiger partial charge in [0.2, 0.25) is 0 Å². The number of aromatic nitrogens is 2. The Hall–Kier alpha value is -3.13. The molecule has 1 aliphatic rings. The molecule has 0 aliphatic carbocycles. The third-order valence-corrected chi connectivity index (χ3v) is 4.21. The zero-order valence-electron chi connectivity index (χ0n) is 17.9. The molecule has 34 heavy (non-hydrogen) atoms. The standard InChI is InChI=1S/C16H21N3O.2C2HF3O2/c1-13-15(12-19-8-5-10-20-11-9-19)18-16(17-13)14-6-3-2-4-7-14;2*3-2(4,5)1(6)7/h2-4,6-7H,5,8-12H2,1H3,(H,17,18);2*(H,6,7). The quantitative estimate of drug-likeness (QED) is 0.549. The average molecular weight is 499 g/mol. The van der Waals surface area contributed by atoms with E-state index in [0.29, 0.717) is 0 Å². The van der Waals surface area contributed by atoms with E-state index in [1.54, 1.807) is 0 Å². The van der Waals surface area contributed by atoms with Crippen molar-refractivity contribution in [2.45, 2.75) is 32.2 Å². The Morgan fingerprint density at radius 3 is 2.03 bits per heavy atom. The van der Waals surface area contributed by atoms with Gasteiger partial charge in [-0.3, -0.25) is 4.90 Å². The fourth-order valence-electron chi connectivity index (χ4n) is 2.55. The van der Waals surface area contributed by atoms with Crippen LogP contribution >= 0.6 is 0 Å². The molecule has 0 bridgehead atoms. The molecule has 0 unspecified atom stereocenters. The number of hydrogen-bond donors (Lipinski definition) is 3. The maximum absolute atomic E-state index is 10.6. The van der Waals surface area contributed by atoms with Gasteiger partial charge in [0.25, 0.3) is 0 Å². The molecule has 1 aromatic heterocycles. The van der Waals surface area contributed by atoms with E-state index in [0.717, 1.165) is 62.0 Å². The molecule has 0 saturated carbocycles. The zero-order valence-corrected chi connectivity index (χ0v) is 17.9. The van der Waals surface area contributed by atoms with Gasteiger partial charge in [-0.1, -0.05) is 30.3 Å². The fourth-order valence-corrected chi connectivity index (χ4v) is 2.55. The van der Waals surface area contributed by atoms with E-state index in [4.69, 9.17) is 29.5 Å². The van der Waals surface area contributed by atoms with Gasteiger partial charge >= 0.3 is 24.3 Å². The number of imidazole rings is 1. The molecule has 1 saturated heterocycles. The summed E-state index contributed by atoms with van der Waals surface area (Å²) in [5, 5.41) is 14.2. The molecule has 0 spiro atoms. The molecule has 3 N–H and O–H groups in total. The Morgan fingerprint density at radius 1 is 1.00 bits per heavy atom. The predicted octanol–water partition coefficient (Wildman–Crippen LogP) is 3.87. The summed E-state index contributed by atoms with van der Waals surface area (Å²) in [5.41, 5.74) is 3.45. The highest BCUT2D eigenvalue weighted by Crippen LogP contribution is 2.19. The van der Waals surface area contributed by atoms with Gasteiger partial charge in [0.15, 0.2) is 0 Å². The molecular weight excluding hydrogens is 476 g/mol. The van der Waals surface area contributed by atoms with Crippen molar-refractivity contribution < 1.29 is 50.9 Å². The molecule has 2 heterocycles. The number of nitrogens with zero attached hydrogens (tertiary/aromatic N) is 2. The van der Waals surface area contributed by atoms with Gasteiger partial charge in [0.1, 0.15) is 5.82 Å². The average Bonchev–Trinajstić information content (AvgIpc) is 2.93. The molecule has 1 aromatic carbocycles. The lowest BCUT2D eigenvalue weighted by molar-refractivity contribution is -0.193. The van der Waals surface area contributed by atoms with Gasteiger partial charge in [0, 0.05) is 37.5 Å². The van der Waals surface area contributed by atoms with Crippen molar-refractivity contribution >= 4 is 11.9 Å². The number of carboxylic acid groups (broad SMARTS) is 2. The Kier molecular flexibility index (Phi) is 11.0. The van der Waals surface area contributed by atoms with Crippen LogP contribution in [0.4, 0.5) is 26.3 Å². The number of rotatable bonds is 3. The van der Waals surface area contributed by atoms with Gasteiger partial charge in [-0.25, -0.2) is 14.6 Å². The molecule has 190 valence electrons. The second-order valence-electron chi connectivity index (χ2n) is 6.87. The highest BCUT2D eigenvalue weighted by Gasteiger charge is 2.38. The molecule has 2 aromatic rings. The van der Waals surface area contributed by atoms with Crippen LogP contribution in [-0.2, 0) is 20.9 Å². The topological polar surface area (TPSA) is 116 Å². The van der Waals surface area contributed by atoms with Gasteiger partial charge < -0.3 is 19.9 Å². The van der Waals surface area contributed by atoms with Crippen molar-refractivity contribution in [3.05, 3.63) is 41.7 Å². The summed E-state index contributed by atoms with van der Waals surface area (Å²) >= 11 is 0. The highest BCUT2D eigenvalue weighted by molar-refractivity contribution is 5.73. The molecule has 8 nitrogen and oxygen atoms in total. The summed E-state index contributed by atoms with van der Waals surface area (Å²) in [6.07, 6.45) is -9.06. The smallest absolute Gasteiger partial charge is 0.475 e. The maximum atomic E-state index is 10.6. The number of hydrogen-bond acceptors (Lipinski definition) is 5. The number of nitrogens with one attached hydrogen (secondary N) is 1. The van der Waals surface area contributed by atoms with Gasteiger partial charge in [-0.2, -0.15) is 26.3 Å². The van der Waals surface area contributed by atoms with Crippen molar-refractivity contribution in [2.75, 3.05) is 26.3 Å². The molecular formula is C20H23F6N3O5. The fraction of sp³-hybridized carbons (Fsp3) is 0.450. The Balaban J connectivity index is 0.000000343. The Labute approximate surface area is 190 Å². The number of carboxylic acids is 2. The number of carbonyl (C=O) groups is 2. The van der Waals surface area contributed by atoms with Crippen LogP contribution in [0, 0.1) is 6.92 Å². The van der Waals surface area contributed by atoms with E-state index >= 15 is 0 Å². The third kappa shape index (κ3) is 10.7. The van der Waals surface area contributed by atoms with Crippen LogP contribution in [-0.4, -0.2) is 75.7 Å². The number of aryl methyl sites for hydroxylation is 1. The van der Waals surface area contributed by atoms with E-state index in [1.807, 2.05) is 18.2 Å². The number of aromatic amines is 1. The molecule has 0 atom stereocenters. The normalized spacial score (nSPS) is 14.7. The first-order valence-corrected chi connectivity index (χ1v) is 9.73. The minimum atomic E-state index is -5.08. The first-order valence-electron chi connectivity index (χ1n) is 9.73. The summed E-state index contributed by atoms with van der Waals surface area (Å²) in [4.78, 5) is 28.4. The summed E-state index contributed by atoms with van der Waals surface area (Å²) in [6.45, 7) is 6.79.